The molecule has 0 spiro atoms. The minimum atomic E-state index is -3.81. The van der Waals surface area contributed by atoms with Gasteiger partial charge in [-0.15, -0.1) is 0 Å². The van der Waals surface area contributed by atoms with E-state index < -0.39 is 91.0 Å². The summed E-state index contributed by atoms with van der Waals surface area (Å²) in [6.45, 7) is 21.3. The predicted octanol–water partition coefficient (Wildman–Crippen LogP) is 15.9. The molecular weight excluding hydrogens is 2020 g/mol. The summed E-state index contributed by atoms with van der Waals surface area (Å²) in [7, 11) is -15.1. The van der Waals surface area contributed by atoms with E-state index in [0.29, 0.717) is 68.1 Å². The van der Waals surface area contributed by atoms with Crippen molar-refractivity contribution in [3.8, 4) is 44.5 Å². The lowest BCUT2D eigenvalue weighted by atomic mass is 9.83. The van der Waals surface area contributed by atoms with Gasteiger partial charge in [-0.05, 0) is 203 Å². The molecule has 0 saturated heterocycles. The molecule has 4 aromatic carbocycles. The Balaban J connectivity index is 0.000000136. The first-order valence-corrected chi connectivity index (χ1v) is 52.9. The molecule has 16 aromatic heterocycles. The highest BCUT2D eigenvalue weighted by molar-refractivity contribution is 7.93. The van der Waals surface area contributed by atoms with Crippen LogP contribution < -0.4 is 18.9 Å². The van der Waals surface area contributed by atoms with Gasteiger partial charge in [0.15, 0.2) is 45.7 Å². The average molecular weight is 2120 g/mol. The first-order valence-electron chi connectivity index (χ1n) is 46.1. The van der Waals surface area contributed by atoms with Gasteiger partial charge < -0.3 is 58.5 Å². The lowest BCUT2D eigenvalue weighted by molar-refractivity contribution is 0.117. The van der Waals surface area contributed by atoms with Gasteiger partial charge in [-0.3, -0.25) is 58.8 Å². The number of halogens is 4. The zero-order valence-corrected chi connectivity index (χ0v) is 85.6. The van der Waals surface area contributed by atoms with E-state index in [9.17, 15) is 54.1 Å². The fourth-order valence-corrected chi connectivity index (χ4v) is 20.5. The Hall–Kier alpha value is -16.6. The molecule has 0 fully saturated rings. The lowest BCUT2D eigenvalue weighted by Gasteiger charge is -2.28. The van der Waals surface area contributed by atoms with E-state index in [2.05, 4.69) is 119 Å². The molecule has 0 saturated carbocycles. The summed E-state index contributed by atoms with van der Waals surface area (Å²) in [6, 6.07) is 46.0. The Morgan fingerprint density at radius 2 is 0.540 bits per heavy atom. The molecule has 20 rings (SSSR count). The third-order valence-electron chi connectivity index (χ3n) is 24.4. The lowest BCUT2D eigenvalue weighted by Crippen LogP contribution is -2.31. The molecule has 0 aliphatic carbocycles. The number of fused-ring (bicyclic) bond motifs is 4. The third-order valence-corrected chi connectivity index (χ3v) is 29.6. The Kier molecular flexibility index (Phi) is 28.8. The second-order valence-corrected chi connectivity index (χ2v) is 43.4. The zero-order chi connectivity index (χ0) is 107. The van der Waals surface area contributed by atoms with Gasteiger partial charge >= 0.3 is 0 Å². The van der Waals surface area contributed by atoms with Crippen molar-refractivity contribution >= 4 is 108 Å². The molecule has 150 heavy (non-hydrogen) atoms. The van der Waals surface area contributed by atoms with Crippen LogP contribution >= 0.6 is 0 Å². The maximum absolute atomic E-state index is 16.2. The number of anilines is 4. The van der Waals surface area contributed by atoms with E-state index in [1.54, 1.807) is 215 Å². The molecule has 0 unspecified atom stereocenters. The second-order valence-electron chi connectivity index (χ2n) is 35.6. The van der Waals surface area contributed by atoms with Crippen LogP contribution in [0.25, 0.3) is 88.6 Å². The number of aliphatic hydroxyl groups is 4. The summed E-state index contributed by atoms with van der Waals surface area (Å²) in [5.41, 5.74) is -2.56. The summed E-state index contributed by atoms with van der Waals surface area (Å²) in [5, 5.41) is 64.6. The van der Waals surface area contributed by atoms with Crippen LogP contribution in [0.2, 0.25) is 0 Å². The summed E-state index contributed by atoms with van der Waals surface area (Å²) in [6.07, 6.45) is 13.1. The van der Waals surface area contributed by atoms with Gasteiger partial charge in [-0.1, -0.05) is 83.0 Å². The number of aromatic nitrogens is 20. The quantitative estimate of drug-likeness (QED) is 0.0203. The van der Waals surface area contributed by atoms with Crippen LogP contribution in [-0.2, 0) is 62.5 Å². The van der Waals surface area contributed by atoms with Crippen molar-refractivity contribution in [2.45, 2.75) is 118 Å². The maximum atomic E-state index is 16.2. The minimum Gasteiger partial charge on any atom is -0.373 e. The van der Waals surface area contributed by atoms with Gasteiger partial charge in [0.25, 0.3) is 0 Å². The van der Waals surface area contributed by atoms with Crippen molar-refractivity contribution in [1.82, 2.24) is 100 Å². The predicted molar refractivity (Wildman–Crippen MR) is 548 cm³/mol. The van der Waals surface area contributed by atoms with Crippen molar-refractivity contribution in [2.24, 2.45) is 5.92 Å². The highest BCUT2D eigenvalue weighted by atomic mass is 32.2. The van der Waals surface area contributed by atoms with E-state index in [4.69, 9.17) is 18.1 Å². The monoisotopic (exact) mass is 2120 g/mol. The zero-order valence-electron chi connectivity index (χ0n) is 82.3. The van der Waals surface area contributed by atoms with E-state index in [-0.39, 0.29) is 175 Å². The van der Waals surface area contributed by atoms with Gasteiger partial charge in [-0.2, -0.15) is 0 Å². The van der Waals surface area contributed by atoms with Gasteiger partial charge in [0.1, 0.15) is 67.2 Å². The molecule has 48 heteroatoms. The summed E-state index contributed by atoms with van der Waals surface area (Å²) in [5.74, 6) is -2.72. The van der Waals surface area contributed by atoms with E-state index in [0.717, 1.165) is 6.26 Å². The summed E-state index contributed by atoms with van der Waals surface area (Å²) in [4.78, 5) is 63.4. The van der Waals surface area contributed by atoms with Crippen LogP contribution in [0.3, 0.4) is 0 Å². The van der Waals surface area contributed by atoms with Crippen LogP contribution in [0.5, 0.6) is 0 Å². The van der Waals surface area contributed by atoms with Crippen LogP contribution in [0.4, 0.5) is 41.4 Å². The first-order chi connectivity index (χ1) is 71.3. The molecule has 0 aliphatic heterocycles. The van der Waals surface area contributed by atoms with Crippen molar-refractivity contribution in [3.63, 3.8) is 0 Å². The van der Waals surface area contributed by atoms with E-state index >= 15 is 17.6 Å². The van der Waals surface area contributed by atoms with Gasteiger partial charge in [0.05, 0.1) is 114 Å². The Morgan fingerprint density at radius 1 is 0.327 bits per heavy atom. The molecule has 20 aromatic rings. The molecule has 12 N–H and O–H groups in total. The third kappa shape index (κ3) is 20.1. The largest absolute Gasteiger partial charge is 0.373 e. The number of hydrogen-bond donors (Lipinski definition) is 12. The number of nitrogens with zero attached hydrogens (tertiary/aromatic N) is 16. The van der Waals surface area contributed by atoms with E-state index in [1.165, 1.54) is 94.6 Å². The fraction of sp³-hybridized carbons (Fsp3) is 0.216. The van der Waals surface area contributed by atoms with Crippen molar-refractivity contribution in [3.05, 3.63) is 356 Å². The van der Waals surface area contributed by atoms with Crippen LogP contribution in [0.15, 0.2) is 238 Å². The van der Waals surface area contributed by atoms with E-state index in [1.807, 2.05) is 0 Å². The van der Waals surface area contributed by atoms with Crippen molar-refractivity contribution in [2.75, 3.05) is 36.6 Å². The Bertz CT molecular complexity index is 8690. The SMILES string of the molecule is CCS(=O)(=O)Nc1nc2c(C(O)(c3ccccn3)c3ccccn3)cc(-c3c(C)noc3C)c(F)c2[nH]1.Cc1noc(C)c1-c1cc(C(O)(c2ccccn2)c2ccccn2)c2nc(NS(=O)(=O)C(C)C)[nH]c2c1F.Cc1noc(C)c1-c1cc(C(O)(c2ccccn2)c2ccccn2)c2nc(NS(=O)(=O)CC(C)C)[nH]c2c1F.Cc1noc(C)c1-c1cc(C(O)(c2ccccn2)c2ccccn2)c2nc(NS(C)(=O)=O)[nH]c2c1F. The molecule has 0 radical (unpaired) electrons. The summed E-state index contributed by atoms with van der Waals surface area (Å²) < 4.78 is 194. The topological polar surface area (TPSA) is 588 Å². The van der Waals surface area contributed by atoms with Crippen LogP contribution in [0.1, 0.15) is 148 Å². The molecule has 0 bridgehead atoms. The van der Waals surface area contributed by atoms with Gasteiger partial charge in [0.2, 0.25) is 63.9 Å². The van der Waals surface area contributed by atoms with Crippen LogP contribution in [-0.4, -0.2) is 177 Å². The number of aryl methyl sites for hydroxylation is 8. The number of H-pyrrole nitrogens is 4. The molecule has 772 valence electrons. The Morgan fingerprint density at radius 3 is 0.720 bits per heavy atom. The van der Waals surface area contributed by atoms with Crippen LogP contribution in [0, 0.1) is 84.6 Å². The number of sulfonamides is 4. The molecule has 0 atom stereocenters. The number of benzene rings is 4. The normalized spacial score (nSPS) is 12.3. The Labute approximate surface area is 853 Å². The standard InChI is InChI=1S/C27H27FN6O4S.C26H25FN6O4S.C25H23FN6O4S.C24H21FN6O4S/c1-15(2)14-39(36,37)34-26-31-24-19(13-18(23(28)25(24)32-26)22-16(3)33-38-17(22)4)27(35,20-9-5-7-11-29-20)21-10-6-8-12-30-21;1-14(2)38(35,36)33-25-30-23-18(13-17(22(27)24(23)31-25)21-15(3)32-37-16(21)4)26(34,19-9-5-7-11-28-19)20-10-6-8-12-29-20;1-4-37(34,35)32-24-29-22-17(13-16(21(26)23(22)30-24)20-14(2)31-36-15(20)3)25(33,18-9-5-7-11-27-18)19-10-6-8-12-28-19;1-13-19(14(2)35-30-13)15-12-16(21-22(20(15)25)29-23(28-21)31-36(3,33)34)24(32,17-8-4-6-10-26-17)18-9-5-7-11-27-18/h5-13,15,35H,14H2,1-4H3,(H2,31,32,34);5-14,34H,1-4H3,(H2,30,31,33);5-13,33H,4H2,1-3H3,(H2,29,30,32);4-12,32H,1-3H3,(H2,28,29,31). The summed E-state index contributed by atoms with van der Waals surface area (Å²) >= 11 is 0. The number of rotatable bonds is 28. The second kappa shape index (κ2) is 41.2. The highest BCUT2D eigenvalue weighted by Gasteiger charge is 2.47. The van der Waals surface area contributed by atoms with Gasteiger partial charge in [-0.25, -0.2) is 71.2 Å². The highest BCUT2D eigenvalue weighted by Crippen LogP contribution is 2.50. The molecular formula is C102H96F4N24O16S4. The average Bonchev–Trinajstić information content (AvgIpc) is 1.49. The first kappa shape index (κ1) is 105. The van der Waals surface area contributed by atoms with Crippen molar-refractivity contribution in [1.29, 1.82) is 0 Å². The number of aromatic amines is 4. The van der Waals surface area contributed by atoms with Crippen molar-refractivity contribution < 1.29 is 89.8 Å². The number of imidazole rings is 4. The molecule has 0 amide bonds. The molecule has 0 aliphatic rings. The smallest absolute Gasteiger partial charge is 0.237 e. The molecule has 40 nitrogen and oxygen atoms in total. The number of hydrogen-bond acceptors (Lipinski definition) is 32. The number of pyridine rings is 8. The number of nitrogens with one attached hydrogen (secondary N) is 8. The van der Waals surface area contributed by atoms with Gasteiger partial charge in [0, 0.05) is 94.1 Å². The molecule has 16 heterocycles. The maximum Gasteiger partial charge on any atom is 0.237 e. The fourth-order valence-electron chi connectivity index (χ4n) is 17.6. The minimum absolute atomic E-state index is 0.000574.